The summed E-state index contributed by atoms with van der Waals surface area (Å²) in [5.74, 6) is 1.02. The van der Waals surface area contributed by atoms with Crippen LogP contribution in [0.15, 0.2) is 75.6 Å². The summed E-state index contributed by atoms with van der Waals surface area (Å²) < 4.78 is 58.0. The highest BCUT2D eigenvalue weighted by molar-refractivity contribution is 6.16. The number of benzene rings is 4. The number of nitrogens with zero attached hydrogens (tertiary/aromatic N) is 3. The van der Waals surface area contributed by atoms with Gasteiger partial charge in [-0.1, -0.05) is 84.9 Å². The number of hydrogen-bond donors (Lipinski definition) is 0. The Morgan fingerprint density at radius 3 is 2.23 bits per heavy atom. The fraction of sp³-hybridized carbons (Fsp3) is 0.316. The van der Waals surface area contributed by atoms with Gasteiger partial charge in [-0.25, -0.2) is 9.97 Å². The zero-order valence-corrected chi connectivity index (χ0v) is 25.7. The molecule has 5 heteroatoms. The van der Waals surface area contributed by atoms with Gasteiger partial charge >= 0.3 is 0 Å². The Kier molecular flexibility index (Phi) is 5.08. The van der Waals surface area contributed by atoms with Crippen molar-refractivity contribution in [3.63, 3.8) is 0 Å². The third-order valence-corrected chi connectivity index (χ3v) is 7.99. The van der Waals surface area contributed by atoms with Gasteiger partial charge in [-0.05, 0) is 71.1 Å². The summed E-state index contributed by atoms with van der Waals surface area (Å²) in [6, 6.07) is 21.4. The standard InChI is InChI=1S/C38H39N3O2/c1-21(2)24-12-11-13-25(22(3)4)33(24)41-30-15-10-9-14-28(30)40-37(41)27-17-16-23(5)32-26-18-19-29-36(35(26)43-34(27)32)42-31(39-29)20-38(6,7)8/h9-19,21-22H,20H2,1-8H3/i5D3,20D2. The third kappa shape index (κ3) is 4.45. The van der Waals surface area contributed by atoms with E-state index in [1.807, 2.05) is 18.2 Å². The molecular weight excluding hydrogens is 530 g/mol. The van der Waals surface area contributed by atoms with Gasteiger partial charge in [0.2, 0.25) is 0 Å². The second-order valence-corrected chi connectivity index (χ2v) is 13.0. The van der Waals surface area contributed by atoms with Crippen molar-refractivity contribution in [1.82, 2.24) is 14.5 Å². The van der Waals surface area contributed by atoms with Gasteiger partial charge < -0.3 is 8.83 Å². The predicted molar refractivity (Wildman–Crippen MR) is 177 cm³/mol. The van der Waals surface area contributed by atoms with Gasteiger partial charge in [0.1, 0.15) is 16.9 Å². The summed E-state index contributed by atoms with van der Waals surface area (Å²) >= 11 is 0. The van der Waals surface area contributed by atoms with Crippen LogP contribution in [-0.2, 0) is 6.37 Å². The molecule has 0 spiro atoms. The Labute approximate surface area is 259 Å². The fourth-order valence-electron chi connectivity index (χ4n) is 6.08. The van der Waals surface area contributed by atoms with E-state index < -0.39 is 18.6 Å². The van der Waals surface area contributed by atoms with Crippen molar-refractivity contribution in [3.8, 4) is 17.1 Å². The van der Waals surface area contributed by atoms with Gasteiger partial charge in [0.25, 0.3) is 0 Å². The molecule has 4 aromatic carbocycles. The van der Waals surface area contributed by atoms with Gasteiger partial charge in [0.05, 0.1) is 22.3 Å². The molecule has 0 aliphatic rings. The molecule has 0 fully saturated rings. The molecule has 0 aliphatic carbocycles. The molecule has 0 saturated heterocycles. The maximum absolute atomic E-state index is 8.78. The molecule has 0 radical (unpaired) electrons. The van der Waals surface area contributed by atoms with Crippen LogP contribution in [0.5, 0.6) is 0 Å². The van der Waals surface area contributed by atoms with E-state index >= 15 is 0 Å². The normalized spacial score (nSPS) is 15.0. The third-order valence-electron chi connectivity index (χ3n) is 7.99. The van der Waals surface area contributed by atoms with Crippen LogP contribution in [0.1, 0.15) is 89.7 Å². The second-order valence-electron chi connectivity index (χ2n) is 13.0. The first kappa shape index (κ1) is 22.2. The first-order valence-corrected chi connectivity index (χ1v) is 14.9. The smallest absolute Gasteiger partial charge is 0.197 e. The molecule has 0 unspecified atom stereocenters. The Morgan fingerprint density at radius 1 is 0.791 bits per heavy atom. The van der Waals surface area contributed by atoms with Crippen LogP contribution in [-0.4, -0.2) is 14.5 Å². The van der Waals surface area contributed by atoms with E-state index in [9.17, 15) is 0 Å². The highest BCUT2D eigenvalue weighted by Crippen LogP contribution is 2.43. The molecule has 7 rings (SSSR count). The topological polar surface area (TPSA) is 57.0 Å². The summed E-state index contributed by atoms with van der Waals surface area (Å²) in [5, 5.41) is 0.999. The molecule has 0 amide bonds. The quantitative estimate of drug-likeness (QED) is 0.205. The van der Waals surface area contributed by atoms with Gasteiger partial charge in [-0.3, -0.25) is 4.57 Å². The first-order chi connectivity index (χ1) is 22.5. The molecule has 3 heterocycles. The summed E-state index contributed by atoms with van der Waals surface area (Å²) in [4.78, 5) is 9.70. The summed E-state index contributed by atoms with van der Waals surface area (Å²) in [6.45, 7) is 11.7. The molecule has 5 nitrogen and oxygen atoms in total. The average Bonchev–Trinajstić information content (AvgIpc) is 3.72. The van der Waals surface area contributed by atoms with Gasteiger partial charge in [-0.2, -0.15) is 0 Å². The number of aryl methyl sites for hydroxylation is 1. The molecule has 0 saturated carbocycles. The Balaban J connectivity index is 1.62. The highest BCUT2D eigenvalue weighted by Gasteiger charge is 2.26. The SMILES string of the molecule is [2H]C([2H])([2H])c1ccc(-c2nc3ccccc3n2-c2c(C(C)C)cccc2C(C)C)c2oc3c(ccc4nc(C([2H])([2H])C(C)(C)C)oc43)c12. The van der Waals surface area contributed by atoms with Crippen molar-refractivity contribution < 1.29 is 15.7 Å². The van der Waals surface area contributed by atoms with Crippen LogP contribution >= 0.6 is 0 Å². The van der Waals surface area contributed by atoms with E-state index in [-0.39, 0.29) is 28.9 Å². The lowest BCUT2D eigenvalue weighted by Crippen LogP contribution is -2.09. The van der Waals surface area contributed by atoms with Crippen LogP contribution in [0.3, 0.4) is 0 Å². The van der Waals surface area contributed by atoms with E-state index in [0.29, 0.717) is 38.8 Å². The minimum atomic E-state index is -2.44. The van der Waals surface area contributed by atoms with E-state index in [1.54, 1.807) is 45.0 Å². The van der Waals surface area contributed by atoms with Crippen LogP contribution in [0.25, 0.3) is 61.1 Å². The van der Waals surface area contributed by atoms with Gasteiger partial charge in [0.15, 0.2) is 17.1 Å². The lowest BCUT2D eigenvalue weighted by atomic mass is 9.92. The maximum atomic E-state index is 8.78. The number of oxazole rings is 1. The number of fused-ring (bicyclic) bond motifs is 6. The number of para-hydroxylation sites is 3. The van der Waals surface area contributed by atoms with Crippen molar-refractivity contribution in [2.24, 2.45) is 5.41 Å². The van der Waals surface area contributed by atoms with Crippen LogP contribution < -0.4 is 0 Å². The molecule has 43 heavy (non-hydrogen) atoms. The summed E-state index contributed by atoms with van der Waals surface area (Å²) in [5.41, 5.74) is 6.53. The van der Waals surface area contributed by atoms with Crippen molar-refractivity contribution in [3.05, 3.63) is 89.3 Å². The monoisotopic (exact) mass is 574 g/mol. The van der Waals surface area contributed by atoms with Crippen LogP contribution in [0.4, 0.5) is 0 Å². The average molecular weight is 575 g/mol. The minimum absolute atomic E-state index is 0.0532. The largest absolute Gasteiger partial charge is 0.451 e. The number of furan rings is 1. The van der Waals surface area contributed by atoms with Crippen LogP contribution in [0.2, 0.25) is 0 Å². The van der Waals surface area contributed by atoms with Crippen molar-refractivity contribution in [2.45, 2.75) is 73.5 Å². The lowest BCUT2D eigenvalue weighted by molar-refractivity contribution is 0.361. The van der Waals surface area contributed by atoms with E-state index in [4.69, 9.17) is 20.7 Å². The number of aromatic nitrogens is 3. The molecule has 218 valence electrons. The Morgan fingerprint density at radius 2 is 1.53 bits per heavy atom. The molecule has 0 aliphatic heterocycles. The van der Waals surface area contributed by atoms with Crippen molar-refractivity contribution >= 4 is 44.1 Å². The lowest BCUT2D eigenvalue weighted by Gasteiger charge is -2.22. The zero-order valence-electron chi connectivity index (χ0n) is 30.7. The van der Waals surface area contributed by atoms with Gasteiger partial charge in [-0.15, -0.1) is 0 Å². The molecule has 3 aromatic heterocycles. The minimum Gasteiger partial charge on any atom is -0.451 e. The highest BCUT2D eigenvalue weighted by atomic mass is 16.4. The van der Waals surface area contributed by atoms with E-state index in [0.717, 1.165) is 16.7 Å². The van der Waals surface area contributed by atoms with E-state index in [1.165, 1.54) is 11.1 Å². The number of hydrogen-bond acceptors (Lipinski definition) is 4. The van der Waals surface area contributed by atoms with E-state index in [2.05, 4.69) is 61.5 Å². The van der Waals surface area contributed by atoms with Crippen molar-refractivity contribution in [1.29, 1.82) is 0 Å². The Hall–Kier alpha value is -4.38. The molecule has 0 bridgehead atoms. The van der Waals surface area contributed by atoms with Crippen molar-refractivity contribution in [2.75, 3.05) is 0 Å². The zero-order chi connectivity index (χ0) is 34.5. The Bertz CT molecular complexity index is 2340. The second kappa shape index (κ2) is 9.84. The molecular formula is C38H39N3O2. The van der Waals surface area contributed by atoms with Gasteiger partial charge in [0, 0.05) is 24.0 Å². The number of imidazole rings is 1. The summed E-state index contributed by atoms with van der Waals surface area (Å²) in [6.07, 6.45) is -1.87. The molecule has 0 atom stereocenters. The number of rotatable bonds is 5. The van der Waals surface area contributed by atoms with Crippen LogP contribution in [0, 0.1) is 12.3 Å². The fourth-order valence-corrected chi connectivity index (χ4v) is 6.08. The molecule has 7 aromatic rings. The first-order valence-electron chi connectivity index (χ1n) is 17.4. The maximum Gasteiger partial charge on any atom is 0.197 e. The predicted octanol–water partition coefficient (Wildman–Crippen LogP) is 10.9. The molecule has 0 N–H and O–H groups in total. The summed E-state index contributed by atoms with van der Waals surface area (Å²) in [7, 11) is 0.